The number of carboxylic acids is 1. The molecule has 19 heavy (non-hydrogen) atoms. The number of ether oxygens (including phenoxy) is 1. The molecule has 8 nitrogen and oxygen atoms in total. The zero-order valence-corrected chi connectivity index (χ0v) is 10.8. The van der Waals surface area contributed by atoms with Crippen molar-refractivity contribution in [2.24, 2.45) is 0 Å². The number of carboxylic acid groups (broad SMARTS) is 1. The molecule has 1 aromatic heterocycles. The van der Waals surface area contributed by atoms with Gasteiger partial charge in [0.1, 0.15) is 0 Å². The summed E-state index contributed by atoms with van der Waals surface area (Å²) < 4.78 is 32.7. The van der Waals surface area contributed by atoms with Crippen LogP contribution in [-0.2, 0) is 14.9 Å². The molecule has 9 heteroatoms. The van der Waals surface area contributed by atoms with Gasteiger partial charge in [0.25, 0.3) is 0 Å². The molecule has 1 aliphatic heterocycles. The molecule has 0 amide bonds. The fraction of sp³-hybridized carbons (Fsp3) is 0.400. The lowest BCUT2D eigenvalue weighted by Crippen LogP contribution is -2.43. The van der Waals surface area contributed by atoms with E-state index in [1.807, 2.05) is 0 Å². The van der Waals surface area contributed by atoms with Gasteiger partial charge in [-0.2, -0.15) is 12.7 Å². The van der Waals surface area contributed by atoms with Crippen molar-refractivity contribution in [1.82, 2.24) is 9.29 Å². The van der Waals surface area contributed by atoms with Crippen molar-refractivity contribution in [2.45, 2.75) is 0 Å². The molecule has 0 atom stereocenters. The van der Waals surface area contributed by atoms with E-state index >= 15 is 0 Å². The fourth-order valence-corrected chi connectivity index (χ4v) is 2.78. The Morgan fingerprint density at radius 1 is 1.37 bits per heavy atom. The van der Waals surface area contributed by atoms with Crippen molar-refractivity contribution in [2.75, 3.05) is 31.0 Å². The van der Waals surface area contributed by atoms with Crippen LogP contribution in [0.2, 0.25) is 0 Å². The predicted octanol–water partition coefficient (Wildman–Crippen LogP) is -0.231. The lowest BCUT2D eigenvalue weighted by molar-refractivity contribution is 0.0696. The van der Waals surface area contributed by atoms with Crippen LogP contribution in [0.15, 0.2) is 18.5 Å². The number of rotatable bonds is 4. The summed E-state index contributed by atoms with van der Waals surface area (Å²) in [5.74, 6) is -1.17. The summed E-state index contributed by atoms with van der Waals surface area (Å²) in [7, 11) is -3.71. The summed E-state index contributed by atoms with van der Waals surface area (Å²) in [4.78, 5) is 14.5. The lowest BCUT2D eigenvalue weighted by Gasteiger charge is -2.26. The zero-order valence-electron chi connectivity index (χ0n) is 9.94. The Bertz CT molecular complexity index is 568. The summed E-state index contributed by atoms with van der Waals surface area (Å²) in [6, 6.07) is 1.22. The first kappa shape index (κ1) is 13.7. The van der Waals surface area contributed by atoms with Crippen molar-refractivity contribution in [1.29, 1.82) is 0 Å². The van der Waals surface area contributed by atoms with Gasteiger partial charge in [0.2, 0.25) is 0 Å². The van der Waals surface area contributed by atoms with Crippen molar-refractivity contribution >= 4 is 21.9 Å². The average Bonchev–Trinajstić information content (AvgIpc) is 2.39. The Morgan fingerprint density at radius 2 is 2.05 bits per heavy atom. The van der Waals surface area contributed by atoms with Crippen LogP contribution in [0, 0.1) is 0 Å². The summed E-state index contributed by atoms with van der Waals surface area (Å²) in [5, 5.41) is 8.81. The van der Waals surface area contributed by atoms with Crippen LogP contribution in [0.1, 0.15) is 10.4 Å². The topological polar surface area (TPSA) is 109 Å². The Balaban J connectivity index is 2.15. The molecular formula is C10H13N3O5S. The first-order valence-corrected chi connectivity index (χ1v) is 6.97. The van der Waals surface area contributed by atoms with Gasteiger partial charge >= 0.3 is 16.2 Å². The molecule has 2 rings (SSSR count). The normalized spacial score (nSPS) is 17.1. The lowest BCUT2D eigenvalue weighted by atomic mass is 10.3. The number of anilines is 1. The number of hydrogen-bond donors (Lipinski definition) is 2. The SMILES string of the molecule is O=C(O)c1cncc(NS(=O)(=O)N2CCOCC2)c1. The van der Waals surface area contributed by atoms with Crippen molar-refractivity contribution in [3.63, 3.8) is 0 Å². The molecule has 0 saturated carbocycles. The van der Waals surface area contributed by atoms with Crippen molar-refractivity contribution in [3.05, 3.63) is 24.0 Å². The fourth-order valence-electron chi connectivity index (χ4n) is 1.61. The largest absolute Gasteiger partial charge is 0.478 e. The van der Waals surface area contributed by atoms with Crippen LogP contribution in [0.4, 0.5) is 5.69 Å². The van der Waals surface area contributed by atoms with Crippen LogP contribution >= 0.6 is 0 Å². The van der Waals surface area contributed by atoms with Crippen LogP contribution in [-0.4, -0.2) is 55.1 Å². The highest BCUT2D eigenvalue weighted by Gasteiger charge is 2.24. The second-order valence-electron chi connectivity index (χ2n) is 3.89. The van der Waals surface area contributed by atoms with E-state index in [0.29, 0.717) is 13.2 Å². The first-order chi connectivity index (χ1) is 8.99. The Kier molecular flexibility index (Phi) is 3.98. The molecular weight excluding hydrogens is 274 g/mol. The van der Waals surface area contributed by atoms with Gasteiger partial charge in [-0.05, 0) is 6.07 Å². The molecule has 1 saturated heterocycles. The van der Waals surface area contributed by atoms with Gasteiger partial charge < -0.3 is 9.84 Å². The summed E-state index contributed by atoms with van der Waals surface area (Å²) >= 11 is 0. The maximum atomic E-state index is 12.0. The molecule has 1 fully saturated rings. The van der Waals surface area contributed by atoms with E-state index in [2.05, 4.69) is 9.71 Å². The molecule has 2 N–H and O–H groups in total. The van der Waals surface area contributed by atoms with Gasteiger partial charge in [0.15, 0.2) is 0 Å². The minimum Gasteiger partial charge on any atom is -0.478 e. The quantitative estimate of drug-likeness (QED) is 0.791. The van der Waals surface area contributed by atoms with Gasteiger partial charge in [0.05, 0.1) is 30.7 Å². The minimum atomic E-state index is -3.71. The zero-order chi connectivity index (χ0) is 13.9. The minimum absolute atomic E-state index is 0.0813. The summed E-state index contributed by atoms with van der Waals surface area (Å²) in [5.41, 5.74) is 0.0357. The number of morpholine rings is 1. The van der Waals surface area contributed by atoms with Gasteiger partial charge in [-0.25, -0.2) is 4.79 Å². The van der Waals surface area contributed by atoms with Crippen LogP contribution in [0.25, 0.3) is 0 Å². The first-order valence-electron chi connectivity index (χ1n) is 5.53. The molecule has 0 spiro atoms. The second-order valence-corrected chi connectivity index (χ2v) is 5.56. The molecule has 0 radical (unpaired) electrons. The van der Waals surface area contributed by atoms with Gasteiger partial charge in [-0.15, -0.1) is 0 Å². The smallest absolute Gasteiger partial charge is 0.337 e. The van der Waals surface area contributed by atoms with E-state index in [-0.39, 0.29) is 24.3 Å². The van der Waals surface area contributed by atoms with E-state index in [4.69, 9.17) is 9.84 Å². The maximum absolute atomic E-state index is 12.0. The predicted molar refractivity (Wildman–Crippen MR) is 66.1 cm³/mol. The summed E-state index contributed by atoms with van der Waals surface area (Å²) in [6.45, 7) is 1.21. The summed E-state index contributed by atoms with van der Waals surface area (Å²) in [6.07, 6.45) is 2.40. The molecule has 104 valence electrons. The van der Waals surface area contributed by atoms with Crippen molar-refractivity contribution in [3.8, 4) is 0 Å². The second kappa shape index (κ2) is 5.51. The van der Waals surface area contributed by atoms with Gasteiger partial charge in [0, 0.05) is 19.3 Å². The number of nitrogens with one attached hydrogen (secondary N) is 1. The molecule has 0 aliphatic carbocycles. The number of carbonyl (C=O) groups is 1. The monoisotopic (exact) mass is 287 g/mol. The molecule has 0 unspecified atom stereocenters. The number of hydrogen-bond acceptors (Lipinski definition) is 5. The molecule has 2 heterocycles. The highest BCUT2D eigenvalue weighted by molar-refractivity contribution is 7.90. The van der Waals surface area contributed by atoms with E-state index in [0.717, 1.165) is 6.20 Å². The van der Waals surface area contributed by atoms with E-state index in [1.54, 1.807) is 0 Å². The molecule has 0 bridgehead atoms. The number of aromatic carboxylic acids is 1. The molecule has 1 aromatic rings. The Morgan fingerprint density at radius 3 is 2.68 bits per heavy atom. The van der Waals surface area contributed by atoms with E-state index < -0.39 is 16.2 Å². The third-order valence-corrected chi connectivity index (χ3v) is 4.08. The molecule has 0 aromatic carbocycles. The van der Waals surface area contributed by atoms with Crippen LogP contribution in [0.3, 0.4) is 0 Å². The van der Waals surface area contributed by atoms with Crippen molar-refractivity contribution < 1.29 is 23.1 Å². The Hall–Kier alpha value is -1.71. The van der Waals surface area contributed by atoms with Crippen LogP contribution < -0.4 is 4.72 Å². The van der Waals surface area contributed by atoms with Gasteiger partial charge in [-0.3, -0.25) is 9.71 Å². The third kappa shape index (κ3) is 3.40. The average molecular weight is 287 g/mol. The standard InChI is InChI=1S/C10H13N3O5S/c14-10(15)8-5-9(7-11-6-8)12-19(16,17)13-1-3-18-4-2-13/h5-7,12H,1-4H2,(H,14,15). The third-order valence-electron chi connectivity index (χ3n) is 2.54. The number of pyridine rings is 1. The van der Waals surface area contributed by atoms with Gasteiger partial charge in [-0.1, -0.05) is 0 Å². The number of nitrogens with zero attached hydrogens (tertiary/aromatic N) is 2. The highest BCUT2D eigenvalue weighted by Crippen LogP contribution is 2.13. The number of aromatic nitrogens is 1. The van der Waals surface area contributed by atoms with Crippen LogP contribution in [0.5, 0.6) is 0 Å². The van der Waals surface area contributed by atoms with E-state index in [9.17, 15) is 13.2 Å². The highest BCUT2D eigenvalue weighted by atomic mass is 32.2. The molecule has 1 aliphatic rings. The maximum Gasteiger partial charge on any atom is 0.337 e. The van der Waals surface area contributed by atoms with E-state index in [1.165, 1.54) is 16.6 Å². The Labute approximate surface area is 110 Å².